The van der Waals surface area contributed by atoms with Crippen LogP contribution in [-0.2, 0) is 5.41 Å². The van der Waals surface area contributed by atoms with Gasteiger partial charge in [-0.15, -0.1) is 0 Å². The minimum absolute atomic E-state index is 0.0440. The first kappa shape index (κ1) is 21.5. The fourth-order valence-electron chi connectivity index (χ4n) is 6.52. The van der Waals surface area contributed by atoms with E-state index >= 15 is 0 Å². The van der Waals surface area contributed by atoms with Crippen molar-refractivity contribution in [1.82, 2.24) is 14.8 Å². The molecule has 1 unspecified atom stereocenters. The van der Waals surface area contributed by atoms with Gasteiger partial charge >= 0.3 is 0 Å². The maximum atomic E-state index is 13.7. The van der Waals surface area contributed by atoms with Crippen molar-refractivity contribution in [2.45, 2.75) is 90.1 Å². The summed E-state index contributed by atoms with van der Waals surface area (Å²) in [6.45, 7) is 7.94. The molecular formula is C23H36N4O3. The molecule has 0 spiro atoms. The fraction of sp³-hybridized carbons (Fsp3) is 0.783. The highest BCUT2D eigenvalue weighted by Gasteiger charge is 2.52. The van der Waals surface area contributed by atoms with Gasteiger partial charge in [0.05, 0.1) is 5.69 Å². The van der Waals surface area contributed by atoms with Gasteiger partial charge < -0.3 is 10.9 Å². The monoisotopic (exact) mass is 416 g/mol. The van der Waals surface area contributed by atoms with Crippen LogP contribution in [0.5, 0.6) is 0 Å². The van der Waals surface area contributed by atoms with Crippen molar-refractivity contribution >= 4 is 11.8 Å². The van der Waals surface area contributed by atoms with Crippen LogP contribution in [0.15, 0.2) is 6.07 Å². The van der Waals surface area contributed by atoms with Crippen molar-refractivity contribution in [2.24, 2.45) is 29.4 Å². The summed E-state index contributed by atoms with van der Waals surface area (Å²) in [4.78, 5) is 25.4. The highest BCUT2D eigenvalue weighted by Crippen LogP contribution is 2.55. The smallest absolute Gasteiger partial charge is 0.269 e. The fourth-order valence-corrected chi connectivity index (χ4v) is 6.52. The van der Waals surface area contributed by atoms with E-state index in [1.54, 1.807) is 6.07 Å². The van der Waals surface area contributed by atoms with E-state index in [0.29, 0.717) is 24.0 Å². The van der Waals surface area contributed by atoms with Gasteiger partial charge in [-0.2, -0.15) is 10.2 Å². The molecule has 1 aromatic heterocycles. The summed E-state index contributed by atoms with van der Waals surface area (Å²) in [6, 6.07) is 0.982. The second-order valence-electron chi connectivity index (χ2n) is 10.9. The Kier molecular flexibility index (Phi) is 5.56. The van der Waals surface area contributed by atoms with Crippen molar-refractivity contribution in [3.63, 3.8) is 0 Å². The first-order chi connectivity index (χ1) is 14.1. The number of primary amides is 1. The Morgan fingerprint density at radius 2 is 1.77 bits per heavy atom. The summed E-state index contributed by atoms with van der Waals surface area (Å²) in [5.41, 5.74) is 5.78. The number of nitrogens with two attached hydrogens (primary N) is 1. The van der Waals surface area contributed by atoms with Gasteiger partial charge in [-0.05, 0) is 68.3 Å². The maximum Gasteiger partial charge on any atom is 0.269 e. The Labute approximate surface area is 178 Å². The quantitative estimate of drug-likeness (QED) is 0.690. The number of hydrogen-bond acceptors (Lipinski definition) is 5. The van der Waals surface area contributed by atoms with Gasteiger partial charge in [-0.3, -0.25) is 9.59 Å². The average molecular weight is 417 g/mol. The zero-order valence-electron chi connectivity index (χ0n) is 18.7. The molecule has 7 heteroatoms. The molecule has 4 fully saturated rings. The van der Waals surface area contributed by atoms with Crippen LogP contribution < -0.4 is 5.73 Å². The Morgan fingerprint density at radius 1 is 1.20 bits per heavy atom. The van der Waals surface area contributed by atoms with Gasteiger partial charge in [0.15, 0.2) is 5.69 Å². The van der Waals surface area contributed by atoms with E-state index in [-0.39, 0.29) is 17.6 Å². The number of hydroxylamine groups is 2. The summed E-state index contributed by atoms with van der Waals surface area (Å²) in [6.07, 6.45) is 7.35. The minimum atomic E-state index is -0.667. The molecular weight excluding hydrogens is 380 g/mol. The predicted octanol–water partition coefficient (Wildman–Crippen LogP) is 3.60. The van der Waals surface area contributed by atoms with E-state index < -0.39 is 17.4 Å². The molecule has 30 heavy (non-hydrogen) atoms. The maximum absolute atomic E-state index is 13.7. The Morgan fingerprint density at radius 3 is 2.23 bits per heavy atom. The molecule has 4 aliphatic carbocycles. The molecule has 1 amide bonds. The summed E-state index contributed by atoms with van der Waals surface area (Å²) in [5, 5.41) is 17.0. The molecule has 3 N–H and O–H groups in total. The highest BCUT2D eigenvalue weighted by atomic mass is 16.5. The lowest BCUT2D eigenvalue weighted by molar-refractivity contribution is -0.212. The summed E-state index contributed by atoms with van der Waals surface area (Å²) < 4.78 is 1.32. The zero-order valence-corrected chi connectivity index (χ0v) is 18.7. The van der Waals surface area contributed by atoms with E-state index in [0.717, 1.165) is 18.3 Å². The molecule has 1 heterocycles. The topological polar surface area (TPSA) is 101 Å². The third kappa shape index (κ3) is 3.71. The van der Waals surface area contributed by atoms with Gasteiger partial charge in [0.25, 0.3) is 11.8 Å². The largest absolute Gasteiger partial charge is 0.364 e. The van der Waals surface area contributed by atoms with Crippen LogP contribution in [0.2, 0.25) is 0 Å². The summed E-state index contributed by atoms with van der Waals surface area (Å²) >= 11 is 0. The molecule has 0 radical (unpaired) electrons. The van der Waals surface area contributed by atoms with E-state index in [2.05, 4.69) is 5.10 Å². The lowest BCUT2D eigenvalue weighted by Crippen LogP contribution is -2.59. The van der Waals surface area contributed by atoms with Crippen molar-refractivity contribution in [2.75, 3.05) is 0 Å². The zero-order chi connectivity index (χ0) is 21.8. The van der Waals surface area contributed by atoms with Gasteiger partial charge in [0, 0.05) is 11.5 Å². The van der Waals surface area contributed by atoms with E-state index in [1.807, 2.05) is 27.7 Å². The van der Waals surface area contributed by atoms with Gasteiger partial charge in [0.2, 0.25) is 0 Å². The van der Waals surface area contributed by atoms with Crippen LogP contribution in [-0.4, -0.2) is 43.9 Å². The minimum Gasteiger partial charge on any atom is -0.364 e. The second-order valence-corrected chi connectivity index (χ2v) is 10.9. The number of hydrogen-bond donors (Lipinski definition) is 2. The third-order valence-electron chi connectivity index (χ3n) is 7.59. The summed E-state index contributed by atoms with van der Waals surface area (Å²) in [7, 11) is 0. The first-order valence-corrected chi connectivity index (χ1v) is 11.5. The Bertz CT molecular complexity index is 797. The van der Waals surface area contributed by atoms with Crippen molar-refractivity contribution in [3.8, 4) is 0 Å². The summed E-state index contributed by atoms with van der Waals surface area (Å²) in [5.74, 6) is 1.62. The van der Waals surface area contributed by atoms with Crippen LogP contribution in [0.3, 0.4) is 0 Å². The van der Waals surface area contributed by atoms with E-state index in [1.165, 1.54) is 41.8 Å². The van der Waals surface area contributed by atoms with Crippen molar-refractivity contribution in [1.29, 1.82) is 0 Å². The van der Waals surface area contributed by atoms with Crippen LogP contribution in [0.4, 0.5) is 0 Å². The predicted molar refractivity (Wildman–Crippen MR) is 113 cm³/mol. The second kappa shape index (κ2) is 7.75. The lowest BCUT2D eigenvalue weighted by atomic mass is 9.54. The molecule has 4 saturated carbocycles. The standard InChI is InChI=1S/C23H36N4O3/c1-5-6-18(22(29)26-19(23(2,3)4)12-17(25-26)21(24)28)27(30)20-15-8-13-7-14(10-15)11-16(20)9-13/h12-16,18,20,30H,5-11H2,1-4H3,(H2,24,28). The third-order valence-corrected chi connectivity index (χ3v) is 7.59. The van der Waals surface area contributed by atoms with E-state index in [4.69, 9.17) is 5.73 Å². The molecule has 0 aromatic carbocycles. The molecule has 1 atom stereocenters. The van der Waals surface area contributed by atoms with Crippen LogP contribution in [0.1, 0.15) is 93.6 Å². The molecule has 0 saturated heterocycles. The molecule has 4 aliphatic rings. The molecule has 4 bridgehead atoms. The van der Waals surface area contributed by atoms with Crippen LogP contribution in [0.25, 0.3) is 0 Å². The van der Waals surface area contributed by atoms with Gasteiger partial charge in [-0.25, -0.2) is 4.68 Å². The highest BCUT2D eigenvalue weighted by molar-refractivity contribution is 5.92. The Hall–Kier alpha value is -1.73. The average Bonchev–Trinajstić information content (AvgIpc) is 3.11. The molecule has 0 aliphatic heterocycles. The number of carbonyl (C=O) groups is 2. The normalized spacial score (nSPS) is 31.3. The van der Waals surface area contributed by atoms with Crippen LogP contribution >= 0.6 is 0 Å². The molecule has 5 rings (SSSR count). The number of carbonyl (C=O) groups excluding carboxylic acids is 2. The Balaban J connectivity index is 1.65. The molecule has 7 nitrogen and oxygen atoms in total. The van der Waals surface area contributed by atoms with Crippen molar-refractivity contribution < 1.29 is 14.8 Å². The molecule has 1 aromatic rings. The van der Waals surface area contributed by atoms with Gasteiger partial charge in [-0.1, -0.05) is 34.1 Å². The van der Waals surface area contributed by atoms with Crippen LogP contribution in [0, 0.1) is 23.7 Å². The van der Waals surface area contributed by atoms with Gasteiger partial charge in [0.1, 0.15) is 6.04 Å². The number of nitrogens with zero attached hydrogens (tertiary/aromatic N) is 3. The molecule has 166 valence electrons. The van der Waals surface area contributed by atoms with E-state index in [9.17, 15) is 14.8 Å². The number of aromatic nitrogens is 2. The van der Waals surface area contributed by atoms with Crippen molar-refractivity contribution in [3.05, 3.63) is 17.5 Å². The first-order valence-electron chi connectivity index (χ1n) is 11.5. The SMILES string of the molecule is CCCC(C(=O)n1nc(C(N)=O)cc1C(C)(C)C)N(O)C1C2CC3CC(C2)CC1C3. The number of amides is 1. The lowest BCUT2D eigenvalue weighted by Gasteiger charge is -2.56. The number of rotatable bonds is 6.